The molecule has 8 heteroatoms. The second-order valence-corrected chi connectivity index (χ2v) is 6.98. The van der Waals surface area contributed by atoms with Crippen LogP contribution in [-0.2, 0) is 18.9 Å². The Kier molecular flexibility index (Phi) is 6.00. The third-order valence-electron chi connectivity index (χ3n) is 4.95. The van der Waals surface area contributed by atoms with Crippen molar-refractivity contribution in [1.82, 2.24) is 10.6 Å². The van der Waals surface area contributed by atoms with Crippen LogP contribution in [0.25, 0.3) is 0 Å². The zero-order chi connectivity index (χ0) is 20.4. The minimum atomic E-state index is -4.83. The molecule has 0 aromatic heterocycles. The Morgan fingerprint density at radius 2 is 1.46 bits per heavy atom. The fourth-order valence-electron chi connectivity index (χ4n) is 3.56. The highest BCUT2D eigenvalue weighted by Gasteiger charge is 2.37. The zero-order valence-electron chi connectivity index (χ0n) is 14.9. The molecule has 0 spiro atoms. The summed E-state index contributed by atoms with van der Waals surface area (Å²) in [4.78, 5) is 0. The molecule has 1 fully saturated rings. The van der Waals surface area contributed by atoms with Crippen molar-refractivity contribution in [3.63, 3.8) is 0 Å². The van der Waals surface area contributed by atoms with E-state index < -0.39 is 23.5 Å². The Hall–Kier alpha value is -2.06. The third kappa shape index (κ3) is 5.05. The van der Waals surface area contributed by atoms with Crippen LogP contribution in [0.1, 0.15) is 28.2 Å². The zero-order valence-corrected chi connectivity index (χ0v) is 14.9. The van der Waals surface area contributed by atoms with Crippen LogP contribution in [0.3, 0.4) is 0 Å². The summed E-state index contributed by atoms with van der Waals surface area (Å²) >= 11 is 0. The highest BCUT2D eigenvalue weighted by molar-refractivity contribution is 5.33. The minimum Gasteiger partial charge on any atom is -0.316 e. The lowest BCUT2D eigenvalue weighted by atomic mass is 9.89. The van der Waals surface area contributed by atoms with E-state index in [1.807, 2.05) is 30.3 Å². The van der Waals surface area contributed by atoms with E-state index in [1.165, 1.54) is 0 Å². The van der Waals surface area contributed by atoms with Gasteiger partial charge in [0, 0.05) is 25.6 Å². The maximum absolute atomic E-state index is 12.9. The highest BCUT2D eigenvalue weighted by Crippen LogP contribution is 2.36. The van der Waals surface area contributed by atoms with E-state index in [9.17, 15) is 26.3 Å². The average Bonchev–Trinajstić information content (AvgIpc) is 3.09. The summed E-state index contributed by atoms with van der Waals surface area (Å²) in [7, 11) is 0. The Bertz CT molecular complexity index is 753. The van der Waals surface area contributed by atoms with Crippen molar-refractivity contribution in [3.05, 3.63) is 70.8 Å². The topological polar surface area (TPSA) is 24.1 Å². The molecule has 1 heterocycles. The summed E-state index contributed by atoms with van der Waals surface area (Å²) in [6.07, 6.45) is -9.66. The summed E-state index contributed by atoms with van der Waals surface area (Å²) in [5.74, 6) is 0.455. The number of hydrogen-bond acceptors (Lipinski definition) is 2. The van der Waals surface area contributed by atoms with Gasteiger partial charge in [0.2, 0.25) is 0 Å². The molecule has 0 saturated carbocycles. The molecular formula is C20H20F6N2. The molecule has 2 atom stereocenters. The second-order valence-electron chi connectivity index (χ2n) is 6.98. The highest BCUT2D eigenvalue weighted by atomic mass is 19.4. The van der Waals surface area contributed by atoms with Crippen LogP contribution < -0.4 is 10.6 Å². The van der Waals surface area contributed by atoms with Crippen LogP contribution in [-0.4, -0.2) is 19.6 Å². The van der Waals surface area contributed by atoms with Crippen molar-refractivity contribution in [2.75, 3.05) is 19.6 Å². The van der Waals surface area contributed by atoms with Crippen LogP contribution >= 0.6 is 0 Å². The molecule has 3 rings (SSSR count). The Morgan fingerprint density at radius 3 is 2.04 bits per heavy atom. The van der Waals surface area contributed by atoms with Gasteiger partial charge in [-0.3, -0.25) is 0 Å². The maximum atomic E-state index is 12.9. The molecule has 0 amide bonds. The first-order chi connectivity index (χ1) is 13.1. The van der Waals surface area contributed by atoms with E-state index in [4.69, 9.17) is 0 Å². The molecule has 152 valence electrons. The molecule has 2 N–H and O–H groups in total. The van der Waals surface area contributed by atoms with Crippen molar-refractivity contribution in [1.29, 1.82) is 0 Å². The fraction of sp³-hybridized carbons (Fsp3) is 0.400. The largest absolute Gasteiger partial charge is 0.416 e. The van der Waals surface area contributed by atoms with Crippen LogP contribution in [0.4, 0.5) is 26.3 Å². The van der Waals surface area contributed by atoms with Gasteiger partial charge in [-0.15, -0.1) is 0 Å². The van der Waals surface area contributed by atoms with Gasteiger partial charge in [0.15, 0.2) is 0 Å². The Morgan fingerprint density at radius 1 is 0.857 bits per heavy atom. The van der Waals surface area contributed by atoms with Crippen molar-refractivity contribution in [3.8, 4) is 0 Å². The van der Waals surface area contributed by atoms with E-state index in [0.717, 1.165) is 30.8 Å². The van der Waals surface area contributed by atoms with E-state index >= 15 is 0 Å². The number of rotatable bonds is 5. The quantitative estimate of drug-likeness (QED) is 0.701. The van der Waals surface area contributed by atoms with Crippen LogP contribution in [0, 0.1) is 5.92 Å². The smallest absolute Gasteiger partial charge is 0.316 e. The summed E-state index contributed by atoms with van der Waals surface area (Å²) in [5, 5.41) is 6.32. The van der Waals surface area contributed by atoms with Crippen molar-refractivity contribution in [2.24, 2.45) is 5.92 Å². The first-order valence-electron chi connectivity index (χ1n) is 8.89. The molecular weight excluding hydrogens is 382 g/mol. The average molecular weight is 402 g/mol. The SMILES string of the molecule is FC(F)(F)c1cc(CNC[C@H]2CNC[C@H]2c2ccccc2)cc(C(F)(F)F)c1. The summed E-state index contributed by atoms with van der Waals surface area (Å²) in [5.41, 5.74) is -1.45. The lowest BCUT2D eigenvalue weighted by Gasteiger charge is -2.20. The number of benzene rings is 2. The van der Waals surface area contributed by atoms with E-state index in [-0.39, 0.29) is 30.0 Å². The molecule has 2 nitrogen and oxygen atoms in total. The van der Waals surface area contributed by atoms with E-state index in [1.54, 1.807) is 0 Å². The standard InChI is InChI=1S/C20H20F6N2/c21-19(22,23)16-6-13(7-17(8-16)20(24,25)26)9-27-10-15-11-28-12-18(15)14-4-2-1-3-5-14/h1-8,15,18,27-28H,9-12H2/t15-,18-/m0/s1. The molecule has 2 aromatic carbocycles. The fourth-order valence-corrected chi connectivity index (χ4v) is 3.56. The summed E-state index contributed by atoms with van der Waals surface area (Å²) < 4.78 is 77.7. The van der Waals surface area contributed by atoms with E-state index in [0.29, 0.717) is 6.54 Å². The van der Waals surface area contributed by atoms with Crippen LogP contribution in [0.15, 0.2) is 48.5 Å². The number of hydrogen-bond donors (Lipinski definition) is 2. The van der Waals surface area contributed by atoms with Gasteiger partial charge in [-0.1, -0.05) is 30.3 Å². The van der Waals surface area contributed by atoms with Gasteiger partial charge in [-0.2, -0.15) is 26.3 Å². The van der Waals surface area contributed by atoms with Gasteiger partial charge >= 0.3 is 12.4 Å². The maximum Gasteiger partial charge on any atom is 0.416 e. The van der Waals surface area contributed by atoms with Gasteiger partial charge in [0.05, 0.1) is 11.1 Å². The second kappa shape index (κ2) is 8.13. The lowest BCUT2D eigenvalue weighted by Crippen LogP contribution is -2.27. The Balaban J connectivity index is 1.69. The van der Waals surface area contributed by atoms with E-state index in [2.05, 4.69) is 10.6 Å². The number of nitrogens with one attached hydrogen (secondary N) is 2. The number of alkyl halides is 6. The van der Waals surface area contributed by atoms with Crippen molar-refractivity contribution in [2.45, 2.75) is 24.8 Å². The molecule has 1 aliphatic heterocycles. The van der Waals surface area contributed by atoms with Gasteiger partial charge < -0.3 is 10.6 Å². The van der Waals surface area contributed by atoms with Crippen molar-refractivity contribution < 1.29 is 26.3 Å². The predicted octanol–water partition coefficient (Wildman–Crippen LogP) is 4.82. The third-order valence-corrected chi connectivity index (χ3v) is 4.95. The molecule has 0 bridgehead atoms. The molecule has 28 heavy (non-hydrogen) atoms. The molecule has 1 saturated heterocycles. The minimum absolute atomic E-state index is 0.0376. The molecule has 0 radical (unpaired) electrons. The lowest BCUT2D eigenvalue weighted by molar-refractivity contribution is -0.143. The molecule has 0 unspecified atom stereocenters. The number of halogens is 6. The van der Waals surface area contributed by atoms with Gasteiger partial charge in [0.1, 0.15) is 0 Å². The Labute approximate surface area is 158 Å². The predicted molar refractivity (Wildman–Crippen MR) is 93.7 cm³/mol. The molecule has 0 aliphatic carbocycles. The van der Waals surface area contributed by atoms with Gasteiger partial charge in [-0.05, 0) is 41.8 Å². The molecule has 2 aromatic rings. The van der Waals surface area contributed by atoms with Crippen LogP contribution in [0.2, 0.25) is 0 Å². The van der Waals surface area contributed by atoms with Crippen molar-refractivity contribution >= 4 is 0 Å². The monoisotopic (exact) mass is 402 g/mol. The summed E-state index contributed by atoms with van der Waals surface area (Å²) in [6.45, 7) is 1.95. The van der Waals surface area contributed by atoms with Gasteiger partial charge in [0.25, 0.3) is 0 Å². The summed E-state index contributed by atoms with van der Waals surface area (Å²) in [6, 6.07) is 11.5. The normalized spacial score (nSPS) is 20.5. The first kappa shape index (κ1) is 20.7. The first-order valence-corrected chi connectivity index (χ1v) is 8.89. The molecule has 1 aliphatic rings. The van der Waals surface area contributed by atoms with Gasteiger partial charge in [-0.25, -0.2) is 0 Å². The van der Waals surface area contributed by atoms with Crippen LogP contribution in [0.5, 0.6) is 0 Å².